The average molecular weight is 252 g/mol. The van der Waals surface area contributed by atoms with E-state index in [4.69, 9.17) is 5.73 Å². The van der Waals surface area contributed by atoms with Gasteiger partial charge >= 0.3 is 5.97 Å². The molecule has 0 aliphatic rings. The second kappa shape index (κ2) is 4.50. The molecule has 0 atom stereocenters. The van der Waals surface area contributed by atoms with Crippen LogP contribution in [-0.2, 0) is 4.74 Å². The van der Waals surface area contributed by atoms with E-state index in [2.05, 4.69) is 9.11 Å². The molecule has 88 valence electrons. The molecule has 2 N–H and O–H groups in total. The van der Waals surface area contributed by atoms with Gasteiger partial charge in [-0.15, -0.1) is 0 Å². The maximum Gasteiger partial charge on any atom is 0.359 e. The maximum absolute atomic E-state index is 12.8. The normalized spacial score (nSPS) is 10.2. The molecule has 0 aliphatic heterocycles. The second-order valence-electron chi connectivity index (χ2n) is 3.27. The smallest absolute Gasteiger partial charge is 0.359 e. The summed E-state index contributed by atoms with van der Waals surface area (Å²) >= 11 is 1.08. The van der Waals surface area contributed by atoms with Gasteiger partial charge in [-0.05, 0) is 29.2 Å². The first-order valence-electron chi connectivity index (χ1n) is 4.73. The molecule has 4 nitrogen and oxygen atoms in total. The van der Waals surface area contributed by atoms with E-state index in [1.165, 1.54) is 19.2 Å². The molecule has 6 heteroatoms. The fraction of sp³-hybridized carbons (Fsp3) is 0.0909. The van der Waals surface area contributed by atoms with Crippen LogP contribution < -0.4 is 5.73 Å². The summed E-state index contributed by atoms with van der Waals surface area (Å²) in [6.45, 7) is 0. The Morgan fingerprint density at radius 3 is 2.65 bits per heavy atom. The SMILES string of the molecule is COC(=O)c1nsc(-c2ccc(F)cc2)c1N. The van der Waals surface area contributed by atoms with Crippen LogP contribution in [0.15, 0.2) is 24.3 Å². The summed E-state index contributed by atoms with van der Waals surface area (Å²) in [5, 5.41) is 0. The third-order valence-electron chi connectivity index (χ3n) is 2.21. The number of carbonyl (C=O) groups excluding carboxylic acids is 1. The van der Waals surface area contributed by atoms with Gasteiger partial charge in [0.15, 0.2) is 5.69 Å². The van der Waals surface area contributed by atoms with Gasteiger partial charge in [-0.2, -0.15) is 4.37 Å². The van der Waals surface area contributed by atoms with Crippen molar-refractivity contribution in [1.29, 1.82) is 0 Å². The predicted octanol–water partition coefficient (Wildman–Crippen LogP) is 2.32. The lowest BCUT2D eigenvalue weighted by Crippen LogP contribution is -2.04. The molecule has 0 amide bonds. The topological polar surface area (TPSA) is 65.2 Å². The van der Waals surface area contributed by atoms with E-state index in [-0.39, 0.29) is 17.2 Å². The number of hydrogen-bond donors (Lipinski definition) is 1. The molecule has 0 saturated heterocycles. The number of nitrogens with two attached hydrogens (primary N) is 1. The number of anilines is 1. The van der Waals surface area contributed by atoms with Crippen molar-refractivity contribution in [3.63, 3.8) is 0 Å². The highest BCUT2D eigenvalue weighted by Crippen LogP contribution is 2.32. The number of esters is 1. The number of benzene rings is 1. The quantitative estimate of drug-likeness (QED) is 0.833. The summed E-state index contributed by atoms with van der Waals surface area (Å²) in [5.74, 6) is -0.905. The standard InChI is InChI=1S/C11H9FN2O2S/c1-16-11(15)9-8(13)10(17-14-9)6-2-4-7(12)5-3-6/h2-5H,13H2,1H3. The molecule has 0 fully saturated rings. The van der Waals surface area contributed by atoms with E-state index in [9.17, 15) is 9.18 Å². The summed E-state index contributed by atoms with van der Waals surface area (Å²) in [7, 11) is 1.26. The van der Waals surface area contributed by atoms with E-state index in [0.717, 1.165) is 17.1 Å². The molecule has 1 aromatic carbocycles. The first kappa shape index (κ1) is 11.5. The van der Waals surface area contributed by atoms with Gasteiger partial charge in [0.05, 0.1) is 17.7 Å². The number of methoxy groups -OCH3 is 1. The molecule has 0 spiro atoms. The van der Waals surface area contributed by atoms with Crippen molar-refractivity contribution in [1.82, 2.24) is 4.37 Å². The molecule has 0 unspecified atom stereocenters. The third-order valence-corrected chi connectivity index (χ3v) is 3.13. The molecule has 0 radical (unpaired) electrons. The van der Waals surface area contributed by atoms with E-state index >= 15 is 0 Å². The summed E-state index contributed by atoms with van der Waals surface area (Å²) in [6.07, 6.45) is 0. The molecule has 1 aromatic heterocycles. The number of carbonyl (C=O) groups is 1. The van der Waals surface area contributed by atoms with Crippen LogP contribution in [0.1, 0.15) is 10.5 Å². The first-order valence-corrected chi connectivity index (χ1v) is 5.50. The number of aromatic nitrogens is 1. The van der Waals surface area contributed by atoms with Gasteiger partial charge < -0.3 is 10.5 Å². The van der Waals surface area contributed by atoms with Crippen molar-refractivity contribution in [2.75, 3.05) is 12.8 Å². The van der Waals surface area contributed by atoms with Crippen molar-refractivity contribution in [3.8, 4) is 10.4 Å². The monoisotopic (exact) mass is 252 g/mol. The largest absolute Gasteiger partial charge is 0.464 e. The van der Waals surface area contributed by atoms with Crippen LogP contribution >= 0.6 is 11.5 Å². The van der Waals surface area contributed by atoms with Gasteiger partial charge in [0.2, 0.25) is 0 Å². The van der Waals surface area contributed by atoms with Gasteiger partial charge in [-0.1, -0.05) is 12.1 Å². The number of rotatable bonds is 2. The zero-order valence-corrected chi connectivity index (χ0v) is 9.75. The minimum absolute atomic E-state index is 0.0943. The summed E-state index contributed by atoms with van der Waals surface area (Å²) in [4.78, 5) is 11.9. The molecule has 0 aliphatic carbocycles. The summed E-state index contributed by atoms with van der Waals surface area (Å²) in [6, 6.07) is 5.82. The Hall–Kier alpha value is -1.95. The molecular weight excluding hydrogens is 243 g/mol. The second-order valence-corrected chi connectivity index (χ2v) is 4.05. The lowest BCUT2D eigenvalue weighted by molar-refractivity contribution is 0.0597. The highest BCUT2D eigenvalue weighted by atomic mass is 32.1. The van der Waals surface area contributed by atoms with E-state index in [0.29, 0.717) is 4.88 Å². The maximum atomic E-state index is 12.8. The Morgan fingerprint density at radius 1 is 1.41 bits per heavy atom. The fourth-order valence-corrected chi connectivity index (χ4v) is 2.14. The Kier molecular flexibility index (Phi) is 3.06. The van der Waals surface area contributed by atoms with Gasteiger partial charge in [0, 0.05) is 0 Å². The lowest BCUT2D eigenvalue weighted by atomic mass is 10.1. The van der Waals surface area contributed by atoms with Gasteiger partial charge in [0.25, 0.3) is 0 Å². The van der Waals surface area contributed by atoms with Crippen LogP contribution in [0.2, 0.25) is 0 Å². The minimum Gasteiger partial charge on any atom is -0.464 e. The number of nitrogen functional groups attached to an aromatic ring is 1. The van der Waals surface area contributed by atoms with Gasteiger partial charge in [-0.3, -0.25) is 0 Å². The molecular formula is C11H9FN2O2S. The average Bonchev–Trinajstić information content (AvgIpc) is 2.71. The molecule has 0 saturated carbocycles. The van der Waals surface area contributed by atoms with Gasteiger partial charge in [0.1, 0.15) is 5.82 Å². The Morgan fingerprint density at radius 2 is 2.06 bits per heavy atom. The Balaban J connectivity index is 2.44. The molecule has 2 aromatic rings. The van der Waals surface area contributed by atoms with Crippen molar-refractivity contribution in [3.05, 3.63) is 35.8 Å². The number of halogens is 1. The fourth-order valence-electron chi connectivity index (χ4n) is 1.35. The molecule has 0 bridgehead atoms. The van der Waals surface area contributed by atoms with Crippen LogP contribution in [0.5, 0.6) is 0 Å². The van der Waals surface area contributed by atoms with Crippen molar-refractivity contribution in [2.24, 2.45) is 0 Å². The van der Waals surface area contributed by atoms with Crippen molar-refractivity contribution >= 4 is 23.2 Å². The lowest BCUT2D eigenvalue weighted by Gasteiger charge is -1.99. The van der Waals surface area contributed by atoms with Crippen LogP contribution in [0.3, 0.4) is 0 Å². The van der Waals surface area contributed by atoms with Crippen LogP contribution in [0.25, 0.3) is 10.4 Å². The minimum atomic E-state index is -0.577. The zero-order valence-electron chi connectivity index (χ0n) is 8.94. The number of nitrogens with zero attached hydrogens (tertiary/aromatic N) is 1. The Labute approximate surface area is 101 Å². The van der Waals surface area contributed by atoms with E-state index < -0.39 is 5.97 Å². The summed E-state index contributed by atoms with van der Waals surface area (Å²) in [5.41, 5.74) is 6.87. The molecule has 17 heavy (non-hydrogen) atoms. The highest BCUT2D eigenvalue weighted by Gasteiger charge is 2.18. The number of hydrogen-bond acceptors (Lipinski definition) is 5. The van der Waals surface area contributed by atoms with Crippen LogP contribution in [0.4, 0.5) is 10.1 Å². The van der Waals surface area contributed by atoms with Crippen molar-refractivity contribution in [2.45, 2.75) is 0 Å². The summed E-state index contributed by atoms with van der Waals surface area (Å²) < 4.78 is 21.3. The van der Waals surface area contributed by atoms with Gasteiger partial charge in [-0.25, -0.2) is 9.18 Å². The van der Waals surface area contributed by atoms with E-state index in [1.807, 2.05) is 0 Å². The van der Waals surface area contributed by atoms with Crippen LogP contribution in [-0.4, -0.2) is 17.5 Å². The number of ether oxygens (including phenoxy) is 1. The predicted molar refractivity (Wildman–Crippen MR) is 63.3 cm³/mol. The van der Waals surface area contributed by atoms with Crippen LogP contribution in [0, 0.1) is 5.82 Å². The van der Waals surface area contributed by atoms with E-state index in [1.54, 1.807) is 12.1 Å². The zero-order chi connectivity index (χ0) is 12.4. The third kappa shape index (κ3) is 2.12. The molecule has 2 rings (SSSR count). The highest BCUT2D eigenvalue weighted by molar-refractivity contribution is 7.10. The Bertz CT molecular complexity index is 551. The molecule has 1 heterocycles. The first-order chi connectivity index (χ1) is 8.13. The van der Waals surface area contributed by atoms with Crippen molar-refractivity contribution < 1.29 is 13.9 Å².